The van der Waals surface area contributed by atoms with E-state index in [9.17, 15) is 18.0 Å². The Labute approximate surface area is 106 Å². The minimum atomic E-state index is -4.11. The van der Waals surface area contributed by atoms with Gasteiger partial charge in [0.25, 0.3) is 0 Å². The molecule has 0 aromatic heterocycles. The fourth-order valence-corrected chi connectivity index (χ4v) is 2.85. The van der Waals surface area contributed by atoms with E-state index in [2.05, 4.69) is 17.8 Å². The second-order valence-corrected chi connectivity index (χ2v) is 5.35. The molecule has 106 valence electrons. The van der Waals surface area contributed by atoms with Gasteiger partial charge < -0.3 is 18.9 Å². The van der Waals surface area contributed by atoms with Crippen molar-refractivity contribution in [2.24, 2.45) is 0 Å². The van der Waals surface area contributed by atoms with Gasteiger partial charge in [0.15, 0.2) is 6.10 Å². The largest absolute Gasteiger partial charge is 0.509 e. The Morgan fingerprint density at radius 2 is 1.79 bits per heavy atom. The van der Waals surface area contributed by atoms with Gasteiger partial charge >= 0.3 is 22.7 Å². The number of carbonyl (C=O) groups is 2. The maximum absolute atomic E-state index is 11.2. The second-order valence-electron chi connectivity index (χ2n) is 4.11. The van der Waals surface area contributed by atoms with Gasteiger partial charge in [-0.25, -0.2) is 18.0 Å². The lowest BCUT2D eigenvalue weighted by Crippen LogP contribution is -2.57. The highest BCUT2D eigenvalue weighted by molar-refractivity contribution is 7.82. The van der Waals surface area contributed by atoms with Crippen LogP contribution in [0.25, 0.3) is 0 Å². The first kappa shape index (κ1) is 12.4. The Morgan fingerprint density at radius 3 is 2.37 bits per heavy atom. The molecule has 0 aromatic carbocycles. The Balaban J connectivity index is 1.83. The van der Waals surface area contributed by atoms with Crippen molar-refractivity contribution in [3.8, 4) is 0 Å². The quantitative estimate of drug-likeness (QED) is 0.561. The first-order valence-electron chi connectivity index (χ1n) is 5.17. The number of rotatable bonds is 1. The van der Waals surface area contributed by atoms with Gasteiger partial charge in [0, 0.05) is 0 Å². The molecule has 2 atom stereocenters. The van der Waals surface area contributed by atoms with Crippen LogP contribution in [-0.2, 0) is 37.7 Å². The lowest BCUT2D eigenvalue weighted by atomic mass is 9.94. The zero-order chi connectivity index (χ0) is 13.7. The molecule has 0 aromatic rings. The average Bonchev–Trinajstić information content (AvgIpc) is 2.84. The van der Waals surface area contributed by atoms with Crippen molar-refractivity contribution in [3.05, 3.63) is 0 Å². The number of hydrogen-bond donors (Lipinski definition) is 0. The maximum Gasteiger partial charge on any atom is 0.509 e. The summed E-state index contributed by atoms with van der Waals surface area (Å²) >= 11 is 0. The lowest BCUT2D eigenvalue weighted by molar-refractivity contribution is -0.133. The van der Waals surface area contributed by atoms with Crippen molar-refractivity contribution in [1.29, 1.82) is 0 Å². The molecule has 3 saturated heterocycles. The van der Waals surface area contributed by atoms with E-state index in [1.807, 2.05) is 0 Å². The number of cyclic esters (lactones) is 3. The molecular formula is C8H8O10S. The lowest BCUT2D eigenvalue weighted by Gasteiger charge is -2.33. The molecule has 1 spiro atoms. The molecule has 3 aliphatic rings. The molecular weight excluding hydrogens is 288 g/mol. The Morgan fingerprint density at radius 1 is 1.11 bits per heavy atom. The number of carbonyl (C=O) groups excluding carboxylic acids is 2. The van der Waals surface area contributed by atoms with Crippen molar-refractivity contribution in [1.82, 2.24) is 0 Å². The van der Waals surface area contributed by atoms with Crippen LogP contribution in [-0.4, -0.2) is 58.4 Å². The maximum atomic E-state index is 11.2. The van der Waals surface area contributed by atoms with Crippen LogP contribution < -0.4 is 0 Å². The van der Waals surface area contributed by atoms with Gasteiger partial charge in [-0.1, -0.05) is 0 Å². The van der Waals surface area contributed by atoms with Crippen LogP contribution in [0.1, 0.15) is 0 Å². The fourth-order valence-electron chi connectivity index (χ4n) is 2.04. The molecule has 19 heavy (non-hydrogen) atoms. The summed E-state index contributed by atoms with van der Waals surface area (Å²) in [6.07, 6.45) is -4.15. The smallest absolute Gasteiger partial charge is 0.430 e. The van der Waals surface area contributed by atoms with E-state index in [1.54, 1.807) is 0 Å². The Hall–Kier alpha value is -1.59. The van der Waals surface area contributed by atoms with Gasteiger partial charge in [-0.3, -0.25) is 0 Å². The zero-order valence-electron chi connectivity index (χ0n) is 9.27. The van der Waals surface area contributed by atoms with Crippen molar-refractivity contribution in [2.75, 3.05) is 19.8 Å². The molecule has 0 amide bonds. The van der Waals surface area contributed by atoms with Crippen LogP contribution in [0.15, 0.2) is 0 Å². The average molecular weight is 296 g/mol. The third-order valence-electron chi connectivity index (χ3n) is 2.85. The van der Waals surface area contributed by atoms with Gasteiger partial charge in [0.1, 0.15) is 25.9 Å². The summed E-state index contributed by atoms with van der Waals surface area (Å²) in [6.45, 7) is -0.969. The highest BCUT2D eigenvalue weighted by Gasteiger charge is 2.61. The predicted molar refractivity (Wildman–Crippen MR) is 51.1 cm³/mol. The van der Waals surface area contributed by atoms with E-state index in [1.165, 1.54) is 0 Å². The van der Waals surface area contributed by atoms with Crippen LogP contribution in [0, 0.1) is 0 Å². The highest BCUT2D eigenvalue weighted by Crippen LogP contribution is 2.36. The molecule has 0 bridgehead atoms. The van der Waals surface area contributed by atoms with Crippen LogP contribution in [0.2, 0.25) is 0 Å². The normalized spacial score (nSPS) is 35.4. The first-order chi connectivity index (χ1) is 8.90. The van der Waals surface area contributed by atoms with E-state index in [0.29, 0.717) is 0 Å². The molecule has 0 saturated carbocycles. The van der Waals surface area contributed by atoms with E-state index >= 15 is 0 Å². The third kappa shape index (κ3) is 2.09. The fraction of sp³-hybridized carbons (Fsp3) is 0.750. The third-order valence-corrected chi connectivity index (χ3v) is 3.76. The molecule has 0 N–H and O–H groups in total. The summed E-state index contributed by atoms with van der Waals surface area (Å²) in [7, 11) is -4.11. The predicted octanol–water partition coefficient (Wildman–Crippen LogP) is -0.912. The summed E-state index contributed by atoms with van der Waals surface area (Å²) < 4.78 is 50.2. The zero-order valence-corrected chi connectivity index (χ0v) is 10.1. The standard InChI is InChI=1S/C8H8O10S/c9-6-13-2-8(3-14-6)5(16-7(10)17-8)4-1-15-19(11,12)18-4/h4-5H,1-3H2. The summed E-state index contributed by atoms with van der Waals surface area (Å²) in [5, 5.41) is 0. The summed E-state index contributed by atoms with van der Waals surface area (Å²) in [6, 6.07) is 0. The summed E-state index contributed by atoms with van der Waals surface area (Å²) in [5.74, 6) is 0. The minimum Gasteiger partial charge on any atom is -0.430 e. The number of ether oxygens (including phenoxy) is 4. The highest BCUT2D eigenvalue weighted by atomic mass is 32.3. The summed E-state index contributed by atoms with van der Waals surface area (Å²) in [5.41, 5.74) is -1.43. The van der Waals surface area contributed by atoms with Gasteiger partial charge in [-0.2, -0.15) is 8.42 Å². The van der Waals surface area contributed by atoms with Crippen LogP contribution >= 0.6 is 0 Å². The molecule has 10 nitrogen and oxygen atoms in total. The van der Waals surface area contributed by atoms with E-state index < -0.39 is 40.5 Å². The van der Waals surface area contributed by atoms with Crippen molar-refractivity contribution < 1.29 is 45.3 Å². The van der Waals surface area contributed by atoms with Crippen LogP contribution in [0.5, 0.6) is 0 Å². The Kier molecular flexibility index (Phi) is 2.59. The van der Waals surface area contributed by atoms with Gasteiger partial charge in [0.2, 0.25) is 5.60 Å². The first-order valence-corrected chi connectivity index (χ1v) is 6.50. The van der Waals surface area contributed by atoms with Crippen LogP contribution in [0.4, 0.5) is 9.59 Å². The summed E-state index contributed by atoms with van der Waals surface area (Å²) in [4.78, 5) is 22.1. The number of hydrogen-bond acceptors (Lipinski definition) is 10. The van der Waals surface area contributed by atoms with E-state index in [4.69, 9.17) is 9.47 Å². The molecule has 3 rings (SSSR count). The topological polar surface area (TPSA) is 124 Å². The molecule has 0 aliphatic carbocycles. The molecule has 3 aliphatic heterocycles. The van der Waals surface area contributed by atoms with Crippen molar-refractivity contribution in [3.63, 3.8) is 0 Å². The van der Waals surface area contributed by atoms with Crippen molar-refractivity contribution in [2.45, 2.75) is 17.8 Å². The van der Waals surface area contributed by atoms with E-state index in [0.717, 1.165) is 0 Å². The van der Waals surface area contributed by atoms with Gasteiger partial charge in [-0.15, -0.1) is 0 Å². The molecule has 0 radical (unpaired) electrons. The SMILES string of the molecule is O=C1OCC2(CO1)OC(=O)OC2C1COS(=O)(=O)O1. The Bertz CT molecular complexity index is 514. The van der Waals surface area contributed by atoms with Crippen molar-refractivity contribution >= 4 is 22.7 Å². The van der Waals surface area contributed by atoms with Gasteiger partial charge in [-0.05, 0) is 0 Å². The molecule has 11 heteroatoms. The molecule has 3 fully saturated rings. The monoisotopic (exact) mass is 296 g/mol. The van der Waals surface area contributed by atoms with Gasteiger partial charge in [0.05, 0.1) is 0 Å². The molecule has 2 unspecified atom stereocenters. The van der Waals surface area contributed by atoms with Crippen LogP contribution in [0.3, 0.4) is 0 Å². The van der Waals surface area contributed by atoms with E-state index in [-0.39, 0.29) is 19.8 Å². The minimum absolute atomic E-state index is 0.317. The second kappa shape index (κ2) is 3.95. The molecule has 3 heterocycles.